The number of nitrogens with zero attached hydrogens (tertiary/aromatic N) is 3. The lowest BCUT2D eigenvalue weighted by Gasteiger charge is -2.14. The van der Waals surface area contributed by atoms with Crippen molar-refractivity contribution in [3.05, 3.63) is 29.9 Å². The Bertz CT molecular complexity index is 538. The van der Waals surface area contributed by atoms with Crippen LogP contribution in [0.15, 0.2) is 23.0 Å². The minimum absolute atomic E-state index is 0.179. The lowest BCUT2D eigenvalue weighted by Crippen LogP contribution is -2.27. The van der Waals surface area contributed by atoms with Gasteiger partial charge in [0.05, 0.1) is 5.92 Å². The molecule has 2 aromatic rings. The minimum Gasteiger partial charge on any atom is -0.339 e. The molecule has 2 aromatic heterocycles. The summed E-state index contributed by atoms with van der Waals surface area (Å²) >= 11 is 0. The Hall–Kier alpha value is -1.75. The SMILES string of the molecule is CCc1cnccc1-c1noc(C(C)C(C)NC)n1. The van der Waals surface area contributed by atoms with E-state index in [0.717, 1.165) is 17.5 Å². The van der Waals surface area contributed by atoms with E-state index in [-0.39, 0.29) is 12.0 Å². The predicted molar refractivity (Wildman–Crippen MR) is 73.8 cm³/mol. The van der Waals surface area contributed by atoms with E-state index in [1.165, 1.54) is 0 Å². The zero-order valence-electron chi connectivity index (χ0n) is 11.8. The molecule has 0 saturated heterocycles. The maximum atomic E-state index is 5.38. The molecule has 2 rings (SSSR count). The zero-order chi connectivity index (χ0) is 13.8. The Morgan fingerprint density at radius 3 is 2.84 bits per heavy atom. The fourth-order valence-corrected chi connectivity index (χ4v) is 1.92. The Balaban J connectivity index is 2.30. The molecule has 2 heterocycles. The highest BCUT2D eigenvalue weighted by Crippen LogP contribution is 2.24. The molecule has 0 aliphatic carbocycles. The first-order chi connectivity index (χ1) is 9.17. The van der Waals surface area contributed by atoms with Crippen molar-refractivity contribution >= 4 is 0 Å². The van der Waals surface area contributed by atoms with Crippen LogP contribution in [0.5, 0.6) is 0 Å². The Morgan fingerprint density at radius 1 is 1.37 bits per heavy atom. The fraction of sp³-hybridized carbons (Fsp3) is 0.500. The number of hydrogen-bond acceptors (Lipinski definition) is 5. The number of hydrogen-bond donors (Lipinski definition) is 1. The average Bonchev–Trinajstić information content (AvgIpc) is 2.95. The van der Waals surface area contributed by atoms with Gasteiger partial charge in [0.25, 0.3) is 0 Å². The van der Waals surface area contributed by atoms with Crippen molar-refractivity contribution in [3.8, 4) is 11.4 Å². The average molecular weight is 260 g/mol. The smallest absolute Gasteiger partial charge is 0.231 e. The van der Waals surface area contributed by atoms with Crippen molar-refractivity contribution in [3.63, 3.8) is 0 Å². The number of rotatable bonds is 5. The first-order valence-electron chi connectivity index (χ1n) is 6.61. The van der Waals surface area contributed by atoms with Crippen LogP contribution >= 0.6 is 0 Å². The molecule has 0 radical (unpaired) electrons. The van der Waals surface area contributed by atoms with Gasteiger partial charge in [0.15, 0.2) is 0 Å². The van der Waals surface area contributed by atoms with E-state index in [9.17, 15) is 0 Å². The summed E-state index contributed by atoms with van der Waals surface area (Å²) in [5, 5.41) is 7.29. The van der Waals surface area contributed by atoms with Gasteiger partial charge in [-0.05, 0) is 32.0 Å². The molecule has 0 amide bonds. The van der Waals surface area contributed by atoms with Gasteiger partial charge in [-0.2, -0.15) is 4.98 Å². The molecule has 1 N–H and O–H groups in total. The van der Waals surface area contributed by atoms with Gasteiger partial charge in [0.2, 0.25) is 11.7 Å². The van der Waals surface area contributed by atoms with Crippen molar-refractivity contribution in [2.24, 2.45) is 0 Å². The Morgan fingerprint density at radius 2 is 2.16 bits per heavy atom. The molecule has 0 fully saturated rings. The summed E-state index contributed by atoms with van der Waals surface area (Å²) in [5.41, 5.74) is 2.13. The number of nitrogens with one attached hydrogen (secondary N) is 1. The van der Waals surface area contributed by atoms with Crippen LogP contribution in [-0.2, 0) is 6.42 Å². The maximum absolute atomic E-state index is 5.38. The van der Waals surface area contributed by atoms with Crippen LogP contribution in [-0.4, -0.2) is 28.2 Å². The lowest BCUT2D eigenvalue weighted by molar-refractivity contribution is 0.336. The summed E-state index contributed by atoms with van der Waals surface area (Å²) < 4.78 is 5.38. The minimum atomic E-state index is 0.179. The molecule has 5 nitrogen and oxygen atoms in total. The summed E-state index contributed by atoms with van der Waals surface area (Å²) in [6.45, 7) is 6.26. The van der Waals surface area contributed by atoms with Gasteiger partial charge < -0.3 is 9.84 Å². The third-order valence-electron chi connectivity index (χ3n) is 3.56. The third-order valence-corrected chi connectivity index (χ3v) is 3.56. The van der Waals surface area contributed by atoms with E-state index >= 15 is 0 Å². The highest BCUT2D eigenvalue weighted by molar-refractivity contribution is 5.58. The molecule has 0 aliphatic heterocycles. The summed E-state index contributed by atoms with van der Waals surface area (Å²) in [6, 6.07) is 2.22. The second-order valence-electron chi connectivity index (χ2n) is 4.71. The van der Waals surface area contributed by atoms with Crippen LogP contribution < -0.4 is 5.32 Å². The number of likely N-dealkylation sites (N-methyl/N-ethyl adjacent to an activating group) is 1. The van der Waals surface area contributed by atoms with E-state index in [1.54, 1.807) is 6.20 Å². The van der Waals surface area contributed by atoms with Gasteiger partial charge in [-0.25, -0.2) is 0 Å². The molecular formula is C14H20N4O. The fourth-order valence-electron chi connectivity index (χ4n) is 1.92. The number of pyridine rings is 1. The highest BCUT2D eigenvalue weighted by atomic mass is 16.5. The highest BCUT2D eigenvalue weighted by Gasteiger charge is 2.20. The van der Waals surface area contributed by atoms with Crippen LogP contribution in [0.25, 0.3) is 11.4 Å². The summed E-state index contributed by atoms with van der Waals surface area (Å²) in [5.74, 6) is 1.48. The molecule has 0 bridgehead atoms. The maximum Gasteiger partial charge on any atom is 0.231 e. The van der Waals surface area contributed by atoms with Crippen LogP contribution in [0.4, 0.5) is 0 Å². The molecule has 0 saturated carbocycles. The van der Waals surface area contributed by atoms with Crippen molar-refractivity contribution in [2.45, 2.75) is 39.2 Å². The third kappa shape index (κ3) is 2.81. The molecule has 0 spiro atoms. The molecule has 19 heavy (non-hydrogen) atoms. The van der Waals surface area contributed by atoms with Crippen molar-refractivity contribution in [1.82, 2.24) is 20.4 Å². The molecule has 102 valence electrons. The van der Waals surface area contributed by atoms with E-state index in [4.69, 9.17) is 4.52 Å². The molecule has 0 aliphatic rings. The standard InChI is InChI=1S/C14H20N4O/c1-5-11-8-16-7-6-12(11)13-17-14(19-18-13)9(2)10(3)15-4/h6-10,15H,5H2,1-4H3. The van der Waals surface area contributed by atoms with E-state index in [2.05, 4.69) is 41.2 Å². The quantitative estimate of drug-likeness (QED) is 0.894. The zero-order valence-corrected chi connectivity index (χ0v) is 11.8. The van der Waals surface area contributed by atoms with Gasteiger partial charge in [-0.15, -0.1) is 0 Å². The molecule has 5 heteroatoms. The van der Waals surface area contributed by atoms with Gasteiger partial charge in [-0.3, -0.25) is 4.98 Å². The lowest BCUT2D eigenvalue weighted by atomic mass is 10.0. The van der Waals surface area contributed by atoms with Crippen molar-refractivity contribution in [2.75, 3.05) is 7.05 Å². The van der Waals surface area contributed by atoms with E-state index in [1.807, 2.05) is 19.3 Å². The first-order valence-corrected chi connectivity index (χ1v) is 6.61. The molecular weight excluding hydrogens is 240 g/mol. The summed E-state index contributed by atoms with van der Waals surface area (Å²) in [4.78, 5) is 8.64. The van der Waals surface area contributed by atoms with Gasteiger partial charge in [-0.1, -0.05) is 19.0 Å². The van der Waals surface area contributed by atoms with E-state index in [0.29, 0.717) is 11.7 Å². The summed E-state index contributed by atoms with van der Waals surface area (Å²) in [6.07, 6.45) is 4.50. The normalized spacial score (nSPS) is 14.3. The van der Waals surface area contributed by atoms with Crippen LogP contribution in [0, 0.1) is 0 Å². The van der Waals surface area contributed by atoms with Crippen molar-refractivity contribution in [1.29, 1.82) is 0 Å². The number of aromatic nitrogens is 3. The topological polar surface area (TPSA) is 63.8 Å². The van der Waals surface area contributed by atoms with Crippen LogP contribution in [0.1, 0.15) is 38.1 Å². The first kappa shape index (κ1) is 13.7. The molecule has 2 atom stereocenters. The van der Waals surface area contributed by atoms with Crippen LogP contribution in [0.2, 0.25) is 0 Å². The van der Waals surface area contributed by atoms with Gasteiger partial charge in [0.1, 0.15) is 0 Å². The summed E-state index contributed by atoms with van der Waals surface area (Å²) in [7, 11) is 1.93. The monoisotopic (exact) mass is 260 g/mol. The number of aryl methyl sites for hydroxylation is 1. The Kier molecular flexibility index (Phi) is 4.27. The van der Waals surface area contributed by atoms with E-state index < -0.39 is 0 Å². The largest absolute Gasteiger partial charge is 0.339 e. The predicted octanol–water partition coefficient (Wildman–Crippen LogP) is 2.41. The van der Waals surface area contributed by atoms with Crippen molar-refractivity contribution < 1.29 is 4.52 Å². The van der Waals surface area contributed by atoms with Gasteiger partial charge >= 0.3 is 0 Å². The Labute approximate surface area is 113 Å². The van der Waals surface area contributed by atoms with Gasteiger partial charge in [0, 0.05) is 24.0 Å². The second-order valence-corrected chi connectivity index (χ2v) is 4.71. The molecule has 2 unspecified atom stereocenters. The molecule has 0 aromatic carbocycles. The second kappa shape index (κ2) is 5.93. The van der Waals surface area contributed by atoms with Crippen LogP contribution in [0.3, 0.4) is 0 Å².